The molecule has 0 aliphatic carbocycles. The number of carbonyl (C=O) groups excluding carboxylic acids is 1. The molecule has 0 bridgehead atoms. The molecule has 0 aromatic rings. The minimum Gasteiger partial charge on any atom is -0.452 e. The van der Waals surface area contributed by atoms with Gasteiger partial charge in [-0.15, -0.1) is 11.6 Å². The molecule has 1 amide bonds. The van der Waals surface area contributed by atoms with Gasteiger partial charge in [-0.25, -0.2) is 9.52 Å². The monoisotopic (exact) mass is 274 g/mol. The molecule has 16 heavy (non-hydrogen) atoms. The first kappa shape index (κ1) is 15.4. The predicted molar refractivity (Wildman–Crippen MR) is 58.6 cm³/mol. The van der Waals surface area contributed by atoms with E-state index in [1.54, 1.807) is 4.72 Å². The maximum absolute atomic E-state index is 11.6. The second-order valence-electron chi connectivity index (χ2n) is 2.68. The third-order valence-electron chi connectivity index (χ3n) is 1.62. The van der Waals surface area contributed by atoms with Gasteiger partial charge in [0, 0.05) is 26.1 Å². The van der Waals surface area contributed by atoms with Crippen LogP contribution in [-0.4, -0.2) is 58.6 Å². The number of nitrogens with zero attached hydrogens (tertiary/aromatic N) is 1. The van der Waals surface area contributed by atoms with E-state index < -0.39 is 16.3 Å². The summed E-state index contributed by atoms with van der Waals surface area (Å²) in [4.78, 5) is 10.8. The van der Waals surface area contributed by atoms with Gasteiger partial charge in [-0.3, -0.25) is 0 Å². The maximum atomic E-state index is 11.6. The average Bonchev–Trinajstić information content (AvgIpc) is 2.23. The molecule has 0 aliphatic rings. The van der Waals surface area contributed by atoms with Crippen LogP contribution in [0.25, 0.3) is 0 Å². The summed E-state index contributed by atoms with van der Waals surface area (Å²) < 4.78 is 34.9. The molecule has 0 radical (unpaired) electrons. The standard InChI is InChI=1S/C7H15ClN2O5S/c1-14-6-5-10(4-3-8)16(12,13)9-7(11)15-2/h3-6H2,1-2H3,(H,9,11). The smallest absolute Gasteiger partial charge is 0.421 e. The Morgan fingerprint density at radius 2 is 2.00 bits per heavy atom. The van der Waals surface area contributed by atoms with Crippen LogP contribution in [-0.2, 0) is 19.7 Å². The number of alkyl halides is 1. The van der Waals surface area contributed by atoms with E-state index in [0.717, 1.165) is 11.4 Å². The number of nitrogens with one attached hydrogen (secondary N) is 1. The van der Waals surface area contributed by atoms with Gasteiger partial charge in [0.2, 0.25) is 0 Å². The summed E-state index contributed by atoms with van der Waals surface area (Å²) >= 11 is 5.46. The van der Waals surface area contributed by atoms with E-state index in [1.807, 2.05) is 0 Å². The van der Waals surface area contributed by atoms with Gasteiger partial charge < -0.3 is 9.47 Å². The summed E-state index contributed by atoms with van der Waals surface area (Å²) in [6.07, 6.45) is -1.04. The molecule has 0 spiro atoms. The van der Waals surface area contributed by atoms with Crippen LogP contribution < -0.4 is 4.72 Å². The molecule has 7 nitrogen and oxygen atoms in total. The Bertz CT molecular complexity index is 308. The first-order valence-corrected chi connectivity index (χ1v) is 6.36. The van der Waals surface area contributed by atoms with Crippen molar-refractivity contribution in [1.82, 2.24) is 9.03 Å². The van der Waals surface area contributed by atoms with Crippen LogP contribution in [0.3, 0.4) is 0 Å². The summed E-state index contributed by atoms with van der Waals surface area (Å²) in [7, 11) is -1.40. The van der Waals surface area contributed by atoms with Crippen molar-refractivity contribution in [1.29, 1.82) is 0 Å². The molecule has 0 saturated heterocycles. The Morgan fingerprint density at radius 1 is 1.38 bits per heavy atom. The molecule has 0 heterocycles. The van der Waals surface area contributed by atoms with Crippen molar-refractivity contribution in [2.24, 2.45) is 0 Å². The van der Waals surface area contributed by atoms with Gasteiger partial charge in [0.25, 0.3) is 0 Å². The van der Waals surface area contributed by atoms with Crippen molar-refractivity contribution in [3.63, 3.8) is 0 Å². The lowest BCUT2D eigenvalue weighted by Crippen LogP contribution is -2.45. The van der Waals surface area contributed by atoms with E-state index in [4.69, 9.17) is 16.3 Å². The van der Waals surface area contributed by atoms with Gasteiger partial charge in [0.05, 0.1) is 13.7 Å². The largest absolute Gasteiger partial charge is 0.452 e. The highest BCUT2D eigenvalue weighted by molar-refractivity contribution is 7.87. The molecule has 0 rings (SSSR count). The maximum Gasteiger partial charge on any atom is 0.421 e. The Kier molecular flexibility index (Phi) is 7.39. The SMILES string of the molecule is COCCN(CCCl)S(=O)(=O)NC(=O)OC. The van der Waals surface area contributed by atoms with Gasteiger partial charge in [0.15, 0.2) is 0 Å². The quantitative estimate of drug-likeness (QED) is 0.649. The zero-order valence-electron chi connectivity index (χ0n) is 9.10. The second-order valence-corrected chi connectivity index (χ2v) is 4.73. The van der Waals surface area contributed by atoms with Crippen molar-refractivity contribution in [2.45, 2.75) is 0 Å². The van der Waals surface area contributed by atoms with Gasteiger partial charge >= 0.3 is 16.3 Å². The fraction of sp³-hybridized carbons (Fsp3) is 0.857. The lowest BCUT2D eigenvalue weighted by molar-refractivity contribution is 0.172. The molecule has 0 atom stereocenters. The van der Waals surface area contributed by atoms with Crippen LogP contribution in [0.4, 0.5) is 4.79 Å². The average molecular weight is 275 g/mol. The first-order chi connectivity index (χ1) is 7.47. The molecule has 0 aliphatic heterocycles. The Morgan fingerprint density at radius 3 is 2.44 bits per heavy atom. The minimum atomic E-state index is -3.92. The summed E-state index contributed by atoms with van der Waals surface area (Å²) in [6.45, 7) is 0.395. The van der Waals surface area contributed by atoms with E-state index in [-0.39, 0.29) is 25.6 Å². The van der Waals surface area contributed by atoms with Gasteiger partial charge in [-0.05, 0) is 0 Å². The van der Waals surface area contributed by atoms with Crippen molar-refractivity contribution in [2.75, 3.05) is 39.8 Å². The zero-order valence-corrected chi connectivity index (χ0v) is 10.7. The van der Waals surface area contributed by atoms with Gasteiger partial charge in [-0.2, -0.15) is 12.7 Å². The lowest BCUT2D eigenvalue weighted by Gasteiger charge is -2.20. The topological polar surface area (TPSA) is 84.9 Å². The van der Waals surface area contributed by atoms with Crippen molar-refractivity contribution in [3.8, 4) is 0 Å². The highest BCUT2D eigenvalue weighted by Crippen LogP contribution is 1.99. The fourth-order valence-corrected chi connectivity index (χ4v) is 2.22. The van der Waals surface area contributed by atoms with Crippen molar-refractivity contribution < 1.29 is 22.7 Å². The zero-order chi connectivity index (χ0) is 12.6. The lowest BCUT2D eigenvalue weighted by atomic mass is 10.6. The molecule has 9 heteroatoms. The summed E-state index contributed by atoms with van der Waals surface area (Å²) in [5.74, 6) is 0.117. The number of hydrogen-bond acceptors (Lipinski definition) is 5. The highest BCUT2D eigenvalue weighted by atomic mass is 35.5. The number of ether oxygens (including phenoxy) is 2. The number of methoxy groups -OCH3 is 2. The van der Waals surface area contributed by atoms with Crippen molar-refractivity contribution in [3.05, 3.63) is 0 Å². The number of rotatable bonds is 7. The highest BCUT2D eigenvalue weighted by Gasteiger charge is 2.23. The van der Waals surface area contributed by atoms with Crippen LogP contribution in [0.15, 0.2) is 0 Å². The van der Waals surface area contributed by atoms with Gasteiger partial charge in [-0.1, -0.05) is 0 Å². The summed E-state index contributed by atoms with van der Waals surface area (Å²) in [5, 5.41) is 0. The fourth-order valence-electron chi connectivity index (χ4n) is 0.851. The van der Waals surface area contributed by atoms with Crippen LogP contribution in [0.1, 0.15) is 0 Å². The minimum absolute atomic E-state index is 0.0806. The number of amides is 1. The number of halogens is 1. The van der Waals surface area contributed by atoms with E-state index in [1.165, 1.54) is 7.11 Å². The molecule has 0 aromatic carbocycles. The van der Waals surface area contributed by atoms with E-state index in [2.05, 4.69) is 4.74 Å². The molecular formula is C7H15ClN2O5S. The van der Waals surface area contributed by atoms with Crippen LogP contribution in [0.5, 0.6) is 0 Å². The molecular weight excluding hydrogens is 260 g/mol. The Labute approximate surface area is 99.8 Å². The third-order valence-corrected chi connectivity index (χ3v) is 3.25. The van der Waals surface area contributed by atoms with Crippen LogP contribution in [0, 0.1) is 0 Å². The van der Waals surface area contributed by atoms with E-state index in [9.17, 15) is 13.2 Å². The number of hydrogen-bond donors (Lipinski definition) is 1. The normalized spacial score (nSPS) is 11.5. The Balaban J connectivity index is 4.55. The molecule has 0 fully saturated rings. The van der Waals surface area contributed by atoms with Gasteiger partial charge in [0.1, 0.15) is 0 Å². The van der Waals surface area contributed by atoms with E-state index in [0.29, 0.717) is 0 Å². The summed E-state index contributed by atoms with van der Waals surface area (Å²) in [6, 6.07) is 0. The first-order valence-electron chi connectivity index (χ1n) is 4.38. The Hall–Kier alpha value is -0.570. The number of carbonyl (C=O) groups is 1. The van der Waals surface area contributed by atoms with Crippen LogP contribution in [0.2, 0.25) is 0 Å². The van der Waals surface area contributed by atoms with E-state index >= 15 is 0 Å². The van der Waals surface area contributed by atoms with Crippen LogP contribution >= 0.6 is 11.6 Å². The predicted octanol–water partition coefficient (Wildman–Crippen LogP) is -0.226. The molecule has 96 valence electrons. The van der Waals surface area contributed by atoms with Crippen molar-refractivity contribution >= 4 is 27.9 Å². The molecule has 0 unspecified atom stereocenters. The molecule has 0 aromatic heterocycles. The molecule has 0 saturated carbocycles. The molecule has 1 N–H and O–H groups in total. The second kappa shape index (κ2) is 7.66. The summed E-state index contributed by atoms with van der Waals surface area (Å²) in [5.41, 5.74) is 0. The third kappa shape index (κ3) is 5.50.